The average molecular weight is 183 g/mol. The van der Waals surface area contributed by atoms with Gasteiger partial charge in [0.25, 0.3) is 0 Å². The van der Waals surface area contributed by atoms with Crippen molar-refractivity contribution < 1.29 is 0 Å². The van der Waals surface area contributed by atoms with Gasteiger partial charge in [0.1, 0.15) is 17.6 Å². The van der Waals surface area contributed by atoms with Gasteiger partial charge in [0.2, 0.25) is 0 Å². The lowest BCUT2D eigenvalue weighted by atomic mass is 10.1. The van der Waals surface area contributed by atoms with Gasteiger partial charge in [-0.15, -0.1) is 0 Å². The first-order valence-electron chi connectivity index (χ1n) is 4.36. The fraction of sp³-hybridized carbons (Fsp3) is 0.0909. The highest BCUT2D eigenvalue weighted by atomic mass is 14.9. The molecular formula is C11H9N3. The van der Waals surface area contributed by atoms with Gasteiger partial charge in [0.15, 0.2) is 0 Å². The molecule has 2 rings (SSSR count). The second-order valence-corrected chi connectivity index (χ2v) is 3.02. The first kappa shape index (κ1) is 8.52. The van der Waals surface area contributed by atoms with Gasteiger partial charge in [-0.25, -0.2) is 4.98 Å². The fourth-order valence-corrected chi connectivity index (χ4v) is 1.30. The van der Waals surface area contributed by atoms with Crippen molar-refractivity contribution in [3.05, 3.63) is 53.6 Å². The van der Waals surface area contributed by atoms with Crippen molar-refractivity contribution in [3.8, 4) is 6.07 Å². The quantitative estimate of drug-likeness (QED) is 0.772. The number of rotatable bonds is 2. The van der Waals surface area contributed by atoms with E-state index in [-0.39, 0.29) is 0 Å². The Hall–Kier alpha value is -2.08. The van der Waals surface area contributed by atoms with Crippen LogP contribution in [0.3, 0.4) is 0 Å². The van der Waals surface area contributed by atoms with Crippen molar-refractivity contribution in [2.45, 2.75) is 6.42 Å². The van der Waals surface area contributed by atoms with E-state index in [0.717, 1.165) is 12.2 Å². The molecule has 1 aromatic heterocycles. The number of nitriles is 1. The third-order valence-electron chi connectivity index (χ3n) is 1.96. The van der Waals surface area contributed by atoms with E-state index in [1.165, 1.54) is 5.56 Å². The van der Waals surface area contributed by atoms with Crippen molar-refractivity contribution in [1.82, 2.24) is 9.97 Å². The van der Waals surface area contributed by atoms with Crippen LogP contribution in [0.2, 0.25) is 0 Å². The third kappa shape index (κ3) is 1.80. The first-order chi connectivity index (χ1) is 6.88. The monoisotopic (exact) mass is 183 g/mol. The van der Waals surface area contributed by atoms with E-state index in [4.69, 9.17) is 5.26 Å². The Morgan fingerprint density at radius 1 is 1.29 bits per heavy atom. The molecule has 0 amide bonds. The molecule has 14 heavy (non-hydrogen) atoms. The molecule has 1 heterocycles. The van der Waals surface area contributed by atoms with E-state index in [9.17, 15) is 0 Å². The van der Waals surface area contributed by atoms with E-state index in [1.807, 2.05) is 36.4 Å². The van der Waals surface area contributed by atoms with E-state index in [1.54, 1.807) is 6.20 Å². The number of nitrogens with zero attached hydrogens (tertiary/aromatic N) is 2. The van der Waals surface area contributed by atoms with Crippen molar-refractivity contribution in [3.63, 3.8) is 0 Å². The second kappa shape index (κ2) is 3.75. The molecule has 1 N–H and O–H groups in total. The van der Waals surface area contributed by atoms with Crippen molar-refractivity contribution in [1.29, 1.82) is 5.26 Å². The van der Waals surface area contributed by atoms with Gasteiger partial charge >= 0.3 is 0 Å². The van der Waals surface area contributed by atoms with Gasteiger partial charge < -0.3 is 4.98 Å². The molecule has 2 aromatic rings. The van der Waals surface area contributed by atoms with Crippen LogP contribution < -0.4 is 0 Å². The van der Waals surface area contributed by atoms with Crippen molar-refractivity contribution >= 4 is 0 Å². The molecule has 0 saturated carbocycles. The molecule has 0 atom stereocenters. The zero-order chi connectivity index (χ0) is 9.80. The standard InChI is InChI=1S/C11H9N3/c12-7-10-8-13-11(14-10)6-9-4-2-1-3-5-9/h1-5,8H,6H2,(H,13,14). The molecule has 0 saturated heterocycles. The minimum atomic E-state index is 0.510. The number of hydrogen-bond acceptors (Lipinski definition) is 2. The lowest BCUT2D eigenvalue weighted by Gasteiger charge is -1.96. The molecular weight excluding hydrogens is 174 g/mol. The molecule has 0 spiro atoms. The van der Waals surface area contributed by atoms with Gasteiger partial charge in [-0.2, -0.15) is 5.26 Å². The SMILES string of the molecule is N#Cc1cnc(Cc2ccccc2)[nH]1. The molecule has 0 bridgehead atoms. The van der Waals surface area contributed by atoms with Crippen LogP contribution in [0, 0.1) is 11.3 Å². The van der Waals surface area contributed by atoms with Crippen LogP contribution in [0.5, 0.6) is 0 Å². The number of H-pyrrole nitrogens is 1. The maximum atomic E-state index is 8.60. The minimum Gasteiger partial charge on any atom is -0.334 e. The molecule has 0 aliphatic carbocycles. The van der Waals surface area contributed by atoms with Gasteiger partial charge in [-0.05, 0) is 5.56 Å². The summed E-state index contributed by atoms with van der Waals surface area (Å²) >= 11 is 0. The number of nitrogens with one attached hydrogen (secondary N) is 1. The predicted octanol–water partition coefficient (Wildman–Crippen LogP) is 1.87. The number of aromatic amines is 1. The summed E-state index contributed by atoms with van der Waals surface area (Å²) in [6, 6.07) is 12.0. The Bertz CT molecular complexity index is 451. The highest BCUT2D eigenvalue weighted by Crippen LogP contribution is 2.05. The zero-order valence-corrected chi connectivity index (χ0v) is 7.57. The summed E-state index contributed by atoms with van der Waals surface area (Å²) in [5, 5.41) is 8.60. The molecule has 0 radical (unpaired) electrons. The van der Waals surface area contributed by atoms with Crippen LogP contribution in [0.15, 0.2) is 36.5 Å². The van der Waals surface area contributed by atoms with Crippen molar-refractivity contribution in [2.24, 2.45) is 0 Å². The van der Waals surface area contributed by atoms with Crippen LogP contribution in [-0.2, 0) is 6.42 Å². The summed E-state index contributed by atoms with van der Waals surface area (Å²) in [4.78, 5) is 7.04. The molecule has 0 aliphatic rings. The van der Waals surface area contributed by atoms with Crippen molar-refractivity contribution in [2.75, 3.05) is 0 Å². The summed E-state index contributed by atoms with van der Waals surface area (Å²) in [7, 11) is 0. The molecule has 3 nitrogen and oxygen atoms in total. The predicted molar refractivity (Wildman–Crippen MR) is 52.6 cm³/mol. The van der Waals surface area contributed by atoms with Crippen LogP contribution in [0.4, 0.5) is 0 Å². The average Bonchev–Trinajstić information content (AvgIpc) is 2.67. The number of aromatic nitrogens is 2. The van der Waals surface area contributed by atoms with E-state index >= 15 is 0 Å². The lowest BCUT2D eigenvalue weighted by Crippen LogP contribution is -1.89. The Labute approximate surface area is 82.0 Å². The normalized spacial score (nSPS) is 9.64. The minimum absolute atomic E-state index is 0.510. The number of hydrogen-bond donors (Lipinski definition) is 1. The topological polar surface area (TPSA) is 52.5 Å². The van der Waals surface area contributed by atoms with E-state index in [2.05, 4.69) is 9.97 Å². The van der Waals surface area contributed by atoms with Crippen LogP contribution in [0.25, 0.3) is 0 Å². The molecule has 1 aromatic carbocycles. The van der Waals surface area contributed by atoms with Gasteiger partial charge in [0.05, 0.1) is 6.20 Å². The molecule has 0 unspecified atom stereocenters. The van der Waals surface area contributed by atoms with E-state index in [0.29, 0.717) is 5.69 Å². The van der Waals surface area contributed by atoms with Gasteiger partial charge in [0, 0.05) is 6.42 Å². The van der Waals surface area contributed by atoms with Gasteiger partial charge in [-0.3, -0.25) is 0 Å². The van der Waals surface area contributed by atoms with Crippen LogP contribution in [-0.4, -0.2) is 9.97 Å². The maximum absolute atomic E-state index is 8.60. The third-order valence-corrected chi connectivity index (χ3v) is 1.96. The fourth-order valence-electron chi connectivity index (χ4n) is 1.30. The Kier molecular flexibility index (Phi) is 2.28. The summed E-state index contributed by atoms with van der Waals surface area (Å²) in [5.41, 5.74) is 1.70. The summed E-state index contributed by atoms with van der Waals surface area (Å²) in [6.45, 7) is 0. The highest BCUT2D eigenvalue weighted by molar-refractivity contribution is 5.22. The second-order valence-electron chi connectivity index (χ2n) is 3.02. The summed E-state index contributed by atoms with van der Waals surface area (Å²) < 4.78 is 0. The lowest BCUT2D eigenvalue weighted by molar-refractivity contribution is 1.02. The highest BCUT2D eigenvalue weighted by Gasteiger charge is 2.00. The Balaban J connectivity index is 2.16. The first-order valence-corrected chi connectivity index (χ1v) is 4.36. The summed E-state index contributed by atoms with van der Waals surface area (Å²) in [5.74, 6) is 0.827. The summed E-state index contributed by atoms with van der Waals surface area (Å²) in [6.07, 6.45) is 2.29. The molecule has 68 valence electrons. The van der Waals surface area contributed by atoms with Crippen LogP contribution >= 0.6 is 0 Å². The molecule has 0 aliphatic heterocycles. The van der Waals surface area contributed by atoms with E-state index < -0.39 is 0 Å². The maximum Gasteiger partial charge on any atom is 0.137 e. The van der Waals surface area contributed by atoms with Gasteiger partial charge in [-0.1, -0.05) is 30.3 Å². The van der Waals surface area contributed by atoms with Crippen LogP contribution in [0.1, 0.15) is 17.1 Å². The Morgan fingerprint density at radius 2 is 2.07 bits per heavy atom. The molecule has 0 fully saturated rings. The Morgan fingerprint density at radius 3 is 2.71 bits per heavy atom. The zero-order valence-electron chi connectivity index (χ0n) is 7.57. The number of benzene rings is 1. The largest absolute Gasteiger partial charge is 0.334 e. The smallest absolute Gasteiger partial charge is 0.137 e. The molecule has 3 heteroatoms. The number of imidazole rings is 1.